The number of aliphatic hydroxyl groups excluding tert-OH is 1. The van der Waals surface area contributed by atoms with E-state index in [1.54, 1.807) is 0 Å². The molecule has 0 radical (unpaired) electrons. The number of aliphatic hydroxyl groups is 1. The Hall–Kier alpha value is -0.340. The molecule has 0 heterocycles. The number of hydrogen-bond donors (Lipinski definition) is 2. The largest absolute Gasteiger partial charge is 0.396 e. The number of nitrogens with one attached hydrogen (secondary N) is 1. The summed E-state index contributed by atoms with van der Waals surface area (Å²) in [5.41, 5.74) is 0. The van der Waals surface area contributed by atoms with Crippen LogP contribution in [-0.2, 0) is 9.84 Å². The maximum Gasteiger partial charge on any atom is 0.390 e. The molecule has 104 valence electrons. The molecular formula is C9H18F3NO3S. The van der Waals surface area contributed by atoms with Crippen molar-refractivity contribution in [3.8, 4) is 0 Å². The van der Waals surface area contributed by atoms with Crippen molar-refractivity contribution in [2.75, 3.05) is 31.2 Å². The quantitative estimate of drug-likeness (QED) is 0.609. The highest BCUT2D eigenvalue weighted by atomic mass is 32.2. The highest BCUT2D eigenvalue weighted by Gasteiger charge is 2.29. The topological polar surface area (TPSA) is 66.4 Å². The first-order chi connectivity index (χ1) is 7.77. The zero-order chi connectivity index (χ0) is 13.4. The van der Waals surface area contributed by atoms with Crippen molar-refractivity contribution < 1.29 is 26.7 Å². The standard InChI is InChI=1S/C9H18F3NO3S/c10-9(11,12)3-8-17(15,16)7-2-5-13-4-1-6-14/h13-14H,1-8H2. The lowest BCUT2D eigenvalue weighted by Gasteiger charge is -2.07. The van der Waals surface area contributed by atoms with Crippen molar-refractivity contribution in [3.05, 3.63) is 0 Å². The summed E-state index contributed by atoms with van der Waals surface area (Å²) in [4.78, 5) is 0. The van der Waals surface area contributed by atoms with Gasteiger partial charge in [0.15, 0.2) is 9.84 Å². The molecule has 0 rings (SSSR count). The highest BCUT2D eigenvalue weighted by Crippen LogP contribution is 2.20. The van der Waals surface area contributed by atoms with E-state index in [1.807, 2.05) is 0 Å². The predicted molar refractivity (Wildman–Crippen MR) is 58.5 cm³/mol. The fourth-order valence-electron chi connectivity index (χ4n) is 1.12. The molecule has 17 heavy (non-hydrogen) atoms. The Kier molecular flexibility index (Phi) is 7.73. The first-order valence-electron chi connectivity index (χ1n) is 5.35. The van der Waals surface area contributed by atoms with Crippen molar-refractivity contribution >= 4 is 9.84 Å². The van der Waals surface area contributed by atoms with Crippen LogP contribution in [0.5, 0.6) is 0 Å². The van der Waals surface area contributed by atoms with Gasteiger partial charge in [0.1, 0.15) is 0 Å². The molecule has 0 aromatic heterocycles. The van der Waals surface area contributed by atoms with Crippen LogP contribution in [0.3, 0.4) is 0 Å². The van der Waals surface area contributed by atoms with E-state index >= 15 is 0 Å². The third kappa shape index (κ3) is 11.9. The van der Waals surface area contributed by atoms with Crippen molar-refractivity contribution in [1.29, 1.82) is 0 Å². The molecule has 0 bridgehead atoms. The van der Waals surface area contributed by atoms with Gasteiger partial charge in [0, 0.05) is 6.61 Å². The molecule has 4 nitrogen and oxygen atoms in total. The monoisotopic (exact) mass is 277 g/mol. The van der Waals surface area contributed by atoms with Gasteiger partial charge in [-0.15, -0.1) is 0 Å². The number of sulfone groups is 1. The summed E-state index contributed by atoms with van der Waals surface area (Å²) in [5.74, 6) is -1.08. The SMILES string of the molecule is O=S(=O)(CCCNCCCO)CCC(F)(F)F. The van der Waals surface area contributed by atoms with Gasteiger partial charge in [0.25, 0.3) is 0 Å². The van der Waals surface area contributed by atoms with Crippen LogP contribution in [0.1, 0.15) is 19.3 Å². The molecule has 0 aromatic carbocycles. The van der Waals surface area contributed by atoms with Crippen LogP contribution in [0.25, 0.3) is 0 Å². The van der Waals surface area contributed by atoms with Crippen LogP contribution in [0.4, 0.5) is 13.2 Å². The van der Waals surface area contributed by atoms with Crippen LogP contribution in [0.2, 0.25) is 0 Å². The zero-order valence-electron chi connectivity index (χ0n) is 9.46. The summed E-state index contributed by atoms with van der Waals surface area (Å²) >= 11 is 0. The Balaban J connectivity index is 3.65. The molecule has 0 spiro atoms. The Bertz CT molecular complexity index is 290. The van der Waals surface area contributed by atoms with E-state index in [1.165, 1.54) is 0 Å². The Morgan fingerprint density at radius 3 is 2.18 bits per heavy atom. The minimum atomic E-state index is -4.42. The molecule has 0 saturated carbocycles. The highest BCUT2D eigenvalue weighted by molar-refractivity contribution is 7.91. The minimum absolute atomic E-state index is 0.0525. The second kappa shape index (κ2) is 7.88. The first-order valence-corrected chi connectivity index (χ1v) is 7.18. The molecule has 0 aromatic rings. The lowest BCUT2D eigenvalue weighted by atomic mass is 10.4. The van der Waals surface area contributed by atoms with Crippen molar-refractivity contribution in [1.82, 2.24) is 5.32 Å². The van der Waals surface area contributed by atoms with E-state index in [9.17, 15) is 21.6 Å². The average Bonchev–Trinajstić information content (AvgIpc) is 2.20. The summed E-state index contributed by atoms with van der Waals surface area (Å²) in [6, 6.07) is 0. The van der Waals surface area contributed by atoms with Gasteiger partial charge in [-0.3, -0.25) is 0 Å². The van der Waals surface area contributed by atoms with Crippen LogP contribution >= 0.6 is 0 Å². The summed E-state index contributed by atoms with van der Waals surface area (Å²) in [6.07, 6.45) is -4.85. The molecule has 2 N–H and O–H groups in total. The fourth-order valence-corrected chi connectivity index (χ4v) is 2.45. The van der Waals surface area contributed by atoms with E-state index < -0.39 is 28.2 Å². The third-order valence-corrected chi connectivity index (χ3v) is 3.75. The van der Waals surface area contributed by atoms with Crippen molar-refractivity contribution in [2.24, 2.45) is 0 Å². The maximum absolute atomic E-state index is 11.8. The molecule has 0 unspecified atom stereocenters. The molecule has 0 amide bonds. The molecule has 0 saturated heterocycles. The third-order valence-electron chi connectivity index (χ3n) is 2.02. The van der Waals surface area contributed by atoms with E-state index in [2.05, 4.69) is 5.32 Å². The van der Waals surface area contributed by atoms with Crippen LogP contribution in [0.15, 0.2) is 0 Å². The Labute approximate surface area is 99.1 Å². The van der Waals surface area contributed by atoms with Crippen molar-refractivity contribution in [2.45, 2.75) is 25.4 Å². The van der Waals surface area contributed by atoms with E-state index in [-0.39, 0.29) is 18.8 Å². The van der Waals surface area contributed by atoms with E-state index in [0.717, 1.165) is 0 Å². The summed E-state index contributed by atoms with van der Waals surface area (Å²) in [7, 11) is -3.62. The van der Waals surface area contributed by atoms with Crippen molar-refractivity contribution in [3.63, 3.8) is 0 Å². The molecule has 0 fully saturated rings. The van der Waals surface area contributed by atoms with Gasteiger partial charge in [-0.2, -0.15) is 13.2 Å². The normalized spacial score (nSPS) is 12.9. The number of hydrogen-bond acceptors (Lipinski definition) is 4. The van der Waals surface area contributed by atoms with Crippen LogP contribution in [-0.4, -0.2) is 50.9 Å². The lowest BCUT2D eigenvalue weighted by molar-refractivity contribution is -0.129. The number of rotatable bonds is 9. The number of halogens is 3. The lowest BCUT2D eigenvalue weighted by Crippen LogP contribution is -2.23. The first kappa shape index (κ1) is 16.7. The summed E-state index contributed by atoms with van der Waals surface area (Å²) in [5, 5.41) is 11.3. The smallest absolute Gasteiger partial charge is 0.390 e. The van der Waals surface area contributed by atoms with Gasteiger partial charge >= 0.3 is 6.18 Å². The second-order valence-electron chi connectivity index (χ2n) is 3.70. The van der Waals surface area contributed by atoms with Gasteiger partial charge in [-0.25, -0.2) is 8.42 Å². The molecule has 0 atom stereocenters. The molecular weight excluding hydrogens is 259 g/mol. The Morgan fingerprint density at radius 2 is 1.65 bits per heavy atom. The van der Waals surface area contributed by atoms with Gasteiger partial charge in [0.2, 0.25) is 0 Å². The van der Waals surface area contributed by atoms with Gasteiger partial charge < -0.3 is 10.4 Å². The van der Waals surface area contributed by atoms with Gasteiger partial charge in [0.05, 0.1) is 17.9 Å². The molecule has 0 aliphatic heterocycles. The molecule has 0 aliphatic carbocycles. The number of alkyl halides is 3. The van der Waals surface area contributed by atoms with E-state index in [0.29, 0.717) is 19.5 Å². The second-order valence-corrected chi connectivity index (χ2v) is 6.00. The summed E-state index contributed by atoms with van der Waals surface area (Å²) < 4.78 is 57.8. The van der Waals surface area contributed by atoms with Crippen LogP contribution < -0.4 is 5.32 Å². The van der Waals surface area contributed by atoms with Gasteiger partial charge in [-0.1, -0.05) is 0 Å². The summed E-state index contributed by atoms with van der Waals surface area (Å²) in [6.45, 7) is 1.04. The van der Waals surface area contributed by atoms with Crippen LogP contribution in [0, 0.1) is 0 Å². The zero-order valence-corrected chi connectivity index (χ0v) is 10.3. The van der Waals surface area contributed by atoms with Gasteiger partial charge in [-0.05, 0) is 25.9 Å². The average molecular weight is 277 g/mol. The van der Waals surface area contributed by atoms with E-state index in [4.69, 9.17) is 5.11 Å². The Morgan fingerprint density at radius 1 is 1.06 bits per heavy atom. The maximum atomic E-state index is 11.8. The molecule has 8 heteroatoms. The minimum Gasteiger partial charge on any atom is -0.396 e. The predicted octanol–water partition coefficient (Wildman–Crippen LogP) is 0.716. The molecule has 0 aliphatic rings. The fraction of sp³-hybridized carbons (Fsp3) is 1.00.